The van der Waals surface area contributed by atoms with E-state index >= 15 is 0 Å². The van der Waals surface area contributed by atoms with Gasteiger partial charge in [-0.25, -0.2) is 9.37 Å². The molecule has 5 heteroatoms. The van der Waals surface area contributed by atoms with Gasteiger partial charge in [0.15, 0.2) is 0 Å². The highest BCUT2D eigenvalue weighted by Crippen LogP contribution is 2.19. The van der Waals surface area contributed by atoms with Crippen molar-refractivity contribution in [2.75, 3.05) is 26.3 Å². The number of nitrogens with zero attached hydrogens (tertiary/aromatic N) is 3. The number of para-hydroxylation sites is 2. The van der Waals surface area contributed by atoms with Crippen LogP contribution in [0.3, 0.4) is 0 Å². The van der Waals surface area contributed by atoms with Crippen LogP contribution in [-0.2, 0) is 17.8 Å². The van der Waals surface area contributed by atoms with Crippen molar-refractivity contribution in [1.29, 1.82) is 0 Å². The molecule has 0 spiro atoms. The van der Waals surface area contributed by atoms with Gasteiger partial charge in [-0.3, -0.25) is 4.90 Å². The Morgan fingerprint density at radius 2 is 1.71 bits per heavy atom. The normalized spacial score (nSPS) is 15.9. The van der Waals surface area contributed by atoms with Crippen LogP contribution >= 0.6 is 0 Å². The molecule has 1 saturated heterocycles. The van der Waals surface area contributed by atoms with Crippen molar-refractivity contribution in [1.82, 2.24) is 14.5 Å². The number of morpholine rings is 1. The Bertz CT molecular complexity index is 822. The van der Waals surface area contributed by atoms with Gasteiger partial charge in [0.1, 0.15) is 11.6 Å². The van der Waals surface area contributed by atoms with Crippen molar-refractivity contribution in [3.05, 3.63) is 65.7 Å². The SMILES string of the molecule is Fc1ccc(Cn2c(CN3CCOCC3)nc3ccccc32)cc1. The first-order chi connectivity index (χ1) is 11.8. The molecule has 0 bridgehead atoms. The fourth-order valence-electron chi connectivity index (χ4n) is 3.15. The van der Waals surface area contributed by atoms with E-state index in [4.69, 9.17) is 9.72 Å². The van der Waals surface area contributed by atoms with Crippen molar-refractivity contribution < 1.29 is 9.13 Å². The largest absolute Gasteiger partial charge is 0.379 e. The molecule has 3 aromatic rings. The van der Waals surface area contributed by atoms with Crippen molar-refractivity contribution >= 4 is 11.0 Å². The van der Waals surface area contributed by atoms with Crippen LogP contribution in [0.5, 0.6) is 0 Å². The highest BCUT2D eigenvalue weighted by molar-refractivity contribution is 5.76. The van der Waals surface area contributed by atoms with E-state index in [9.17, 15) is 4.39 Å². The lowest BCUT2D eigenvalue weighted by atomic mass is 10.2. The minimum atomic E-state index is -0.206. The van der Waals surface area contributed by atoms with Gasteiger partial charge >= 0.3 is 0 Å². The molecule has 0 aliphatic carbocycles. The molecule has 2 heterocycles. The van der Waals surface area contributed by atoms with Crippen LogP contribution in [0.25, 0.3) is 11.0 Å². The first-order valence-electron chi connectivity index (χ1n) is 8.28. The zero-order valence-electron chi connectivity index (χ0n) is 13.5. The predicted molar refractivity (Wildman–Crippen MR) is 91.3 cm³/mol. The quantitative estimate of drug-likeness (QED) is 0.738. The monoisotopic (exact) mass is 325 g/mol. The van der Waals surface area contributed by atoms with E-state index in [1.165, 1.54) is 12.1 Å². The van der Waals surface area contributed by atoms with Crippen LogP contribution < -0.4 is 0 Å². The number of benzene rings is 2. The fourth-order valence-corrected chi connectivity index (χ4v) is 3.15. The van der Waals surface area contributed by atoms with Gasteiger partial charge in [0, 0.05) is 19.6 Å². The molecular weight excluding hydrogens is 305 g/mol. The number of imidazole rings is 1. The van der Waals surface area contributed by atoms with Gasteiger partial charge in [0.05, 0.1) is 30.8 Å². The van der Waals surface area contributed by atoms with Crippen LogP contribution in [0.15, 0.2) is 48.5 Å². The van der Waals surface area contributed by atoms with Gasteiger partial charge in [-0.2, -0.15) is 0 Å². The summed E-state index contributed by atoms with van der Waals surface area (Å²) in [4.78, 5) is 7.19. The Morgan fingerprint density at radius 3 is 2.50 bits per heavy atom. The molecule has 0 amide bonds. The molecule has 0 saturated carbocycles. The maximum Gasteiger partial charge on any atom is 0.124 e. The van der Waals surface area contributed by atoms with Crippen LogP contribution in [0.2, 0.25) is 0 Å². The Morgan fingerprint density at radius 1 is 0.958 bits per heavy atom. The molecule has 0 unspecified atom stereocenters. The second kappa shape index (κ2) is 6.71. The van der Waals surface area contributed by atoms with Gasteiger partial charge in [-0.1, -0.05) is 24.3 Å². The van der Waals surface area contributed by atoms with Gasteiger partial charge in [-0.15, -0.1) is 0 Å². The van der Waals surface area contributed by atoms with Crippen LogP contribution in [-0.4, -0.2) is 40.8 Å². The Labute approximate surface area is 140 Å². The van der Waals surface area contributed by atoms with Gasteiger partial charge in [0.2, 0.25) is 0 Å². The lowest BCUT2D eigenvalue weighted by Crippen LogP contribution is -2.36. The number of hydrogen-bond donors (Lipinski definition) is 0. The second-order valence-electron chi connectivity index (χ2n) is 6.12. The fraction of sp³-hybridized carbons (Fsp3) is 0.316. The predicted octanol–water partition coefficient (Wildman–Crippen LogP) is 3.06. The topological polar surface area (TPSA) is 30.3 Å². The van der Waals surface area contributed by atoms with E-state index in [-0.39, 0.29) is 5.82 Å². The lowest BCUT2D eigenvalue weighted by Gasteiger charge is -2.26. The summed E-state index contributed by atoms with van der Waals surface area (Å²) in [5.41, 5.74) is 3.19. The highest BCUT2D eigenvalue weighted by atomic mass is 19.1. The van der Waals surface area contributed by atoms with Gasteiger partial charge in [0.25, 0.3) is 0 Å². The number of rotatable bonds is 4. The van der Waals surface area contributed by atoms with Gasteiger partial charge < -0.3 is 9.30 Å². The van der Waals surface area contributed by atoms with E-state index in [2.05, 4.69) is 15.5 Å². The van der Waals surface area contributed by atoms with E-state index in [0.717, 1.165) is 55.3 Å². The smallest absolute Gasteiger partial charge is 0.124 e. The molecular formula is C19H20FN3O. The lowest BCUT2D eigenvalue weighted by molar-refractivity contribution is 0.0327. The average Bonchev–Trinajstić information content (AvgIpc) is 2.95. The minimum absolute atomic E-state index is 0.206. The van der Waals surface area contributed by atoms with Crippen molar-refractivity contribution in [2.24, 2.45) is 0 Å². The summed E-state index contributed by atoms with van der Waals surface area (Å²) < 4.78 is 20.8. The number of ether oxygens (including phenoxy) is 1. The molecule has 0 N–H and O–H groups in total. The zero-order valence-corrected chi connectivity index (χ0v) is 13.5. The third kappa shape index (κ3) is 3.18. The summed E-state index contributed by atoms with van der Waals surface area (Å²) in [7, 11) is 0. The molecule has 124 valence electrons. The standard InChI is InChI=1S/C19H20FN3O/c20-16-7-5-15(6-8-16)13-23-18-4-2-1-3-17(18)21-19(23)14-22-9-11-24-12-10-22/h1-8H,9-14H2. The van der Waals surface area contributed by atoms with Crippen LogP contribution in [0, 0.1) is 5.82 Å². The van der Waals surface area contributed by atoms with E-state index in [0.29, 0.717) is 6.54 Å². The van der Waals surface area contributed by atoms with E-state index < -0.39 is 0 Å². The molecule has 4 rings (SSSR count). The molecule has 24 heavy (non-hydrogen) atoms. The van der Waals surface area contributed by atoms with E-state index in [1.807, 2.05) is 30.3 Å². The Balaban J connectivity index is 1.68. The molecule has 0 atom stereocenters. The van der Waals surface area contributed by atoms with E-state index in [1.54, 1.807) is 0 Å². The second-order valence-corrected chi connectivity index (χ2v) is 6.12. The summed E-state index contributed by atoms with van der Waals surface area (Å²) in [5.74, 6) is 0.838. The first kappa shape index (κ1) is 15.3. The summed E-state index contributed by atoms with van der Waals surface area (Å²) in [6, 6.07) is 14.9. The first-order valence-corrected chi connectivity index (χ1v) is 8.28. The summed E-state index contributed by atoms with van der Waals surface area (Å²) in [6.45, 7) is 4.91. The van der Waals surface area contributed by atoms with Crippen molar-refractivity contribution in [3.63, 3.8) is 0 Å². The highest BCUT2D eigenvalue weighted by Gasteiger charge is 2.16. The third-order valence-corrected chi connectivity index (χ3v) is 4.46. The molecule has 1 fully saturated rings. The number of fused-ring (bicyclic) bond motifs is 1. The molecule has 1 aromatic heterocycles. The molecule has 2 aromatic carbocycles. The molecule has 1 aliphatic heterocycles. The summed E-state index contributed by atoms with van der Waals surface area (Å²) in [5, 5.41) is 0. The Hall–Kier alpha value is -2.24. The maximum absolute atomic E-state index is 13.2. The summed E-state index contributed by atoms with van der Waals surface area (Å²) in [6.07, 6.45) is 0. The van der Waals surface area contributed by atoms with Gasteiger partial charge in [-0.05, 0) is 29.8 Å². The number of aromatic nitrogens is 2. The summed E-state index contributed by atoms with van der Waals surface area (Å²) >= 11 is 0. The molecule has 1 aliphatic rings. The van der Waals surface area contributed by atoms with Crippen LogP contribution in [0.4, 0.5) is 4.39 Å². The Kier molecular flexibility index (Phi) is 4.28. The zero-order chi connectivity index (χ0) is 16.4. The number of halogens is 1. The number of hydrogen-bond acceptors (Lipinski definition) is 3. The molecule has 4 nitrogen and oxygen atoms in total. The minimum Gasteiger partial charge on any atom is -0.379 e. The molecule has 0 radical (unpaired) electrons. The third-order valence-electron chi connectivity index (χ3n) is 4.46. The maximum atomic E-state index is 13.2. The average molecular weight is 325 g/mol. The van der Waals surface area contributed by atoms with Crippen molar-refractivity contribution in [2.45, 2.75) is 13.1 Å². The van der Waals surface area contributed by atoms with Crippen molar-refractivity contribution in [3.8, 4) is 0 Å². The van der Waals surface area contributed by atoms with Crippen LogP contribution in [0.1, 0.15) is 11.4 Å².